The first-order valence-electron chi connectivity index (χ1n) is 7.80. The minimum Gasteiger partial charge on any atom is -0.453 e. The SMILES string of the molecule is CCc1nn(Cc2nnc(N)o2)c(CC)c1Oc1cc(Cl)cc(Cl)c1. The molecule has 0 fully saturated rings. The van der Waals surface area contributed by atoms with Crippen LogP contribution in [0, 0.1) is 0 Å². The van der Waals surface area contributed by atoms with E-state index in [2.05, 4.69) is 15.3 Å². The number of ether oxygens (including phenoxy) is 1. The van der Waals surface area contributed by atoms with Gasteiger partial charge in [-0.05, 0) is 31.0 Å². The Morgan fingerprint density at radius 3 is 2.40 bits per heavy atom. The lowest BCUT2D eigenvalue weighted by atomic mass is 10.2. The van der Waals surface area contributed by atoms with Crippen molar-refractivity contribution in [3.63, 3.8) is 0 Å². The van der Waals surface area contributed by atoms with E-state index in [1.165, 1.54) is 0 Å². The van der Waals surface area contributed by atoms with Gasteiger partial charge in [-0.25, -0.2) is 0 Å². The van der Waals surface area contributed by atoms with Crippen LogP contribution in [-0.4, -0.2) is 20.0 Å². The summed E-state index contributed by atoms with van der Waals surface area (Å²) in [6.07, 6.45) is 1.41. The Bertz CT molecular complexity index is 871. The second-order valence-corrected chi connectivity index (χ2v) is 6.20. The Balaban J connectivity index is 1.97. The summed E-state index contributed by atoms with van der Waals surface area (Å²) >= 11 is 12.1. The molecule has 25 heavy (non-hydrogen) atoms. The highest BCUT2D eigenvalue weighted by molar-refractivity contribution is 6.34. The Labute approximate surface area is 154 Å². The van der Waals surface area contributed by atoms with Crippen molar-refractivity contribution in [3.8, 4) is 11.5 Å². The predicted octanol–water partition coefficient (Wildman–Crippen LogP) is 4.12. The lowest BCUT2D eigenvalue weighted by Crippen LogP contribution is -2.06. The normalized spacial score (nSPS) is 11.0. The van der Waals surface area contributed by atoms with E-state index >= 15 is 0 Å². The highest BCUT2D eigenvalue weighted by Crippen LogP contribution is 2.33. The molecule has 0 amide bonds. The number of hydrogen-bond acceptors (Lipinski definition) is 6. The van der Waals surface area contributed by atoms with Gasteiger partial charge in [0.2, 0.25) is 5.89 Å². The molecule has 0 bridgehead atoms. The van der Waals surface area contributed by atoms with Crippen LogP contribution in [0.15, 0.2) is 22.6 Å². The van der Waals surface area contributed by atoms with E-state index in [0.29, 0.717) is 46.8 Å². The maximum atomic E-state index is 6.06. The Morgan fingerprint density at radius 2 is 1.84 bits per heavy atom. The van der Waals surface area contributed by atoms with Gasteiger partial charge in [-0.2, -0.15) is 5.10 Å². The summed E-state index contributed by atoms with van der Waals surface area (Å²) in [6, 6.07) is 5.10. The second-order valence-electron chi connectivity index (χ2n) is 5.33. The van der Waals surface area contributed by atoms with Crippen molar-refractivity contribution in [2.24, 2.45) is 0 Å². The molecule has 0 atom stereocenters. The highest BCUT2D eigenvalue weighted by Gasteiger charge is 2.20. The van der Waals surface area contributed by atoms with Crippen LogP contribution in [0.2, 0.25) is 10.0 Å². The molecule has 0 aliphatic rings. The lowest BCUT2D eigenvalue weighted by Gasteiger charge is -2.09. The number of nitrogens with zero attached hydrogens (tertiary/aromatic N) is 4. The average molecular weight is 382 g/mol. The maximum absolute atomic E-state index is 6.06. The van der Waals surface area contributed by atoms with E-state index in [0.717, 1.165) is 11.4 Å². The molecular weight excluding hydrogens is 365 g/mol. The van der Waals surface area contributed by atoms with Gasteiger partial charge >= 0.3 is 6.01 Å². The van der Waals surface area contributed by atoms with Crippen LogP contribution in [0.1, 0.15) is 31.1 Å². The first-order chi connectivity index (χ1) is 12.0. The number of aryl methyl sites for hydroxylation is 1. The van der Waals surface area contributed by atoms with Crippen molar-refractivity contribution in [1.82, 2.24) is 20.0 Å². The summed E-state index contributed by atoms with van der Waals surface area (Å²) in [4.78, 5) is 0. The van der Waals surface area contributed by atoms with Crippen LogP contribution in [0.3, 0.4) is 0 Å². The summed E-state index contributed by atoms with van der Waals surface area (Å²) in [7, 11) is 0. The zero-order valence-corrected chi connectivity index (χ0v) is 15.3. The highest BCUT2D eigenvalue weighted by atomic mass is 35.5. The van der Waals surface area contributed by atoms with Crippen LogP contribution < -0.4 is 10.5 Å². The van der Waals surface area contributed by atoms with Crippen molar-refractivity contribution in [2.45, 2.75) is 33.2 Å². The third-order valence-corrected chi connectivity index (χ3v) is 4.01. The first-order valence-corrected chi connectivity index (χ1v) is 8.56. The molecule has 2 N–H and O–H groups in total. The van der Waals surface area contributed by atoms with E-state index in [9.17, 15) is 0 Å². The van der Waals surface area contributed by atoms with Gasteiger partial charge in [0.15, 0.2) is 5.75 Å². The van der Waals surface area contributed by atoms with E-state index in [1.54, 1.807) is 22.9 Å². The molecule has 0 spiro atoms. The van der Waals surface area contributed by atoms with Gasteiger partial charge in [0.25, 0.3) is 0 Å². The molecule has 2 aromatic heterocycles. The molecule has 132 valence electrons. The number of aromatic nitrogens is 4. The molecule has 0 aliphatic carbocycles. The molecule has 0 saturated heterocycles. The molecule has 0 radical (unpaired) electrons. The smallest absolute Gasteiger partial charge is 0.312 e. The Morgan fingerprint density at radius 1 is 1.12 bits per heavy atom. The molecule has 1 aromatic carbocycles. The van der Waals surface area contributed by atoms with Gasteiger partial charge in [0, 0.05) is 10.0 Å². The van der Waals surface area contributed by atoms with Crippen LogP contribution in [0.5, 0.6) is 11.5 Å². The zero-order chi connectivity index (χ0) is 18.0. The van der Waals surface area contributed by atoms with Crippen molar-refractivity contribution in [1.29, 1.82) is 0 Å². The summed E-state index contributed by atoms with van der Waals surface area (Å²) in [5.74, 6) is 1.63. The molecule has 3 aromatic rings. The second kappa shape index (κ2) is 7.33. The molecule has 9 heteroatoms. The van der Waals surface area contributed by atoms with E-state index < -0.39 is 0 Å². The van der Waals surface area contributed by atoms with Gasteiger partial charge in [0.1, 0.15) is 18.0 Å². The molecular formula is C16H17Cl2N5O2. The molecule has 0 aliphatic heterocycles. The van der Waals surface area contributed by atoms with Gasteiger partial charge in [0.05, 0.1) is 5.69 Å². The lowest BCUT2D eigenvalue weighted by molar-refractivity contribution is 0.457. The fourth-order valence-electron chi connectivity index (χ4n) is 2.52. The molecule has 2 heterocycles. The molecule has 0 saturated carbocycles. The summed E-state index contributed by atoms with van der Waals surface area (Å²) in [5, 5.41) is 13.2. The molecule has 0 unspecified atom stereocenters. The third kappa shape index (κ3) is 3.88. The van der Waals surface area contributed by atoms with Crippen LogP contribution >= 0.6 is 23.2 Å². The van der Waals surface area contributed by atoms with Gasteiger partial charge in [-0.3, -0.25) is 4.68 Å². The van der Waals surface area contributed by atoms with Crippen molar-refractivity contribution < 1.29 is 9.15 Å². The summed E-state index contributed by atoms with van der Waals surface area (Å²) in [6.45, 7) is 4.35. The number of rotatable bonds is 6. The zero-order valence-electron chi connectivity index (χ0n) is 13.8. The fourth-order valence-corrected chi connectivity index (χ4v) is 3.03. The Kier molecular flexibility index (Phi) is 5.15. The van der Waals surface area contributed by atoms with E-state index in [-0.39, 0.29) is 6.01 Å². The number of benzene rings is 1. The molecule has 7 nitrogen and oxygen atoms in total. The Hall–Kier alpha value is -2.25. The van der Waals surface area contributed by atoms with Crippen molar-refractivity contribution in [3.05, 3.63) is 45.5 Å². The predicted molar refractivity (Wildman–Crippen MR) is 95.3 cm³/mol. The molecule has 3 rings (SSSR count). The van der Waals surface area contributed by atoms with Crippen molar-refractivity contribution >= 4 is 29.2 Å². The van der Waals surface area contributed by atoms with Gasteiger partial charge in [-0.1, -0.05) is 42.1 Å². The third-order valence-electron chi connectivity index (χ3n) is 3.57. The van der Waals surface area contributed by atoms with E-state index in [1.807, 2.05) is 13.8 Å². The fraction of sp³-hybridized carbons (Fsp3) is 0.312. The maximum Gasteiger partial charge on any atom is 0.312 e. The van der Waals surface area contributed by atoms with Crippen LogP contribution in [0.4, 0.5) is 6.01 Å². The average Bonchev–Trinajstić information content (AvgIpc) is 3.10. The standard InChI is InChI=1S/C16H17Cl2N5O2/c1-3-12-15(24-11-6-9(17)5-10(18)7-11)13(4-2)23(22-12)8-14-20-21-16(19)25-14/h5-7H,3-4,8H2,1-2H3,(H2,19,21). The quantitative estimate of drug-likeness (QED) is 0.690. The van der Waals surface area contributed by atoms with Crippen molar-refractivity contribution in [2.75, 3.05) is 5.73 Å². The van der Waals surface area contributed by atoms with Crippen LogP contribution in [0.25, 0.3) is 0 Å². The van der Waals surface area contributed by atoms with Gasteiger partial charge < -0.3 is 14.9 Å². The monoisotopic (exact) mass is 381 g/mol. The van der Waals surface area contributed by atoms with Crippen LogP contribution in [-0.2, 0) is 19.4 Å². The first kappa shape index (κ1) is 17.6. The minimum absolute atomic E-state index is 0.0287. The number of hydrogen-bond donors (Lipinski definition) is 1. The number of anilines is 1. The number of nitrogens with two attached hydrogens (primary N) is 1. The van der Waals surface area contributed by atoms with E-state index in [4.69, 9.17) is 38.1 Å². The minimum atomic E-state index is 0.0287. The number of halogens is 2. The largest absolute Gasteiger partial charge is 0.453 e. The summed E-state index contributed by atoms with van der Waals surface area (Å²) < 4.78 is 13.1. The topological polar surface area (TPSA) is 92.0 Å². The van der Waals surface area contributed by atoms with Gasteiger partial charge in [-0.15, -0.1) is 5.10 Å². The summed E-state index contributed by atoms with van der Waals surface area (Å²) in [5.41, 5.74) is 7.20. The number of nitrogen functional groups attached to an aromatic ring is 1.